The number of nitrogens with zero attached hydrogens (tertiary/aromatic N) is 1. The van der Waals surface area contributed by atoms with Crippen LogP contribution in [0.15, 0.2) is 24.3 Å². The Kier molecular flexibility index (Phi) is 6.87. The number of hydrogen-bond donors (Lipinski definition) is 2. The van der Waals surface area contributed by atoms with Crippen LogP contribution in [0.4, 0.5) is 10.5 Å². The summed E-state index contributed by atoms with van der Waals surface area (Å²) < 4.78 is 5.22. The van der Waals surface area contributed by atoms with Crippen molar-refractivity contribution in [2.45, 2.75) is 32.7 Å². The fourth-order valence-electron chi connectivity index (χ4n) is 2.22. The molecule has 2 amide bonds. The first-order chi connectivity index (χ1) is 9.67. The van der Waals surface area contributed by atoms with Gasteiger partial charge in [0.2, 0.25) is 0 Å². The van der Waals surface area contributed by atoms with Crippen molar-refractivity contribution in [3.05, 3.63) is 24.3 Å². The molecule has 0 aliphatic rings. The molecule has 2 N–H and O–H groups in total. The molecule has 1 aromatic carbocycles. The molecule has 0 aromatic heterocycles. The summed E-state index contributed by atoms with van der Waals surface area (Å²) in [4.78, 5) is 14.1. The van der Waals surface area contributed by atoms with Crippen LogP contribution in [0.25, 0.3) is 0 Å². The van der Waals surface area contributed by atoms with Crippen LogP contribution in [-0.4, -0.2) is 42.3 Å². The lowest BCUT2D eigenvalue weighted by molar-refractivity contribution is 0.158. The number of urea groups is 1. The van der Waals surface area contributed by atoms with Gasteiger partial charge in [0.1, 0.15) is 5.75 Å². The molecule has 0 saturated carbocycles. The van der Waals surface area contributed by atoms with E-state index in [0.717, 1.165) is 12.8 Å². The maximum atomic E-state index is 12.4. The number of amides is 2. The summed E-state index contributed by atoms with van der Waals surface area (Å²) in [7, 11) is 1.57. The SMILES string of the molecule is CCC(CC)N(CCO)C(=O)Nc1ccccc1OC. The molecule has 0 heterocycles. The van der Waals surface area contributed by atoms with Crippen LogP contribution in [0.3, 0.4) is 0 Å². The fourth-order valence-corrected chi connectivity index (χ4v) is 2.22. The number of carbonyl (C=O) groups excluding carboxylic acids is 1. The van der Waals surface area contributed by atoms with Crippen LogP contribution in [0.2, 0.25) is 0 Å². The molecule has 0 aliphatic carbocycles. The average molecular weight is 280 g/mol. The van der Waals surface area contributed by atoms with E-state index in [9.17, 15) is 4.79 Å². The van der Waals surface area contributed by atoms with E-state index in [4.69, 9.17) is 9.84 Å². The van der Waals surface area contributed by atoms with E-state index < -0.39 is 0 Å². The van der Waals surface area contributed by atoms with E-state index in [-0.39, 0.29) is 18.7 Å². The summed E-state index contributed by atoms with van der Waals surface area (Å²) in [6, 6.07) is 7.19. The second-order valence-electron chi connectivity index (χ2n) is 4.52. The van der Waals surface area contributed by atoms with Crippen molar-refractivity contribution in [2.75, 3.05) is 25.6 Å². The van der Waals surface area contributed by atoms with Gasteiger partial charge in [0.05, 0.1) is 19.4 Å². The number of anilines is 1. The summed E-state index contributed by atoms with van der Waals surface area (Å²) in [5.74, 6) is 0.620. The third-order valence-corrected chi connectivity index (χ3v) is 3.33. The molecule has 0 fully saturated rings. The van der Waals surface area contributed by atoms with Gasteiger partial charge in [0.25, 0.3) is 0 Å². The molecule has 1 rings (SSSR count). The Morgan fingerprint density at radius 1 is 1.35 bits per heavy atom. The first kappa shape index (κ1) is 16.3. The Bertz CT molecular complexity index is 419. The largest absolute Gasteiger partial charge is 0.495 e. The lowest BCUT2D eigenvalue weighted by Crippen LogP contribution is -2.44. The molecule has 5 heteroatoms. The second-order valence-corrected chi connectivity index (χ2v) is 4.52. The third kappa shape index (κ3) is 4.13. The number of aliphatic hydroxyl groups excluding tert-OH is 1. The average Bonchev–Trinajstić information content (AvgIpc) is 2.48. The topological polar surface area (TPSA) is 61.8 Å². The molecule has 0 atom stereocenters. The first-order valence-electron chi connectivity index (χ1n) is 6.99. The highest BCUT2D eigenvalue weighted by Crippen LogP contribution is 2.23. The number of carbonyl (C=O) groups is 1. The highest BCUT2D eigenvalue weighted by molar-refractivity contribution is 5.91. The van der Waals surface area contributed by atoms with Crippen molar-refractivity contribution in [3.8, 4) is 5.75 Å². The van der Waals surface area contributed by atoms with Gasteiger partial charge in [0, 0.05) is 12.6 Å². The highest BCUT2D eigenvalue weighted by atomic mass is 16.5. The fraction of sp³-hybridized carbons (Fsp3) is 0.533. The quantitative estimate of drug-likeness (QED) is 0.807. The van der Waals surface area contributed by atoms with E-state index in [1.54, 1.807) is 24.1 Å². The third-order valence-electron chi connectivity index (χ3n) is 3.33. The molecule has 1 aromatic rings. The molecule has 0 unspecified atom stereocenters. The Hall–Kier alpha value is -1.75. The van der Waals surface area contributed by atoms with Gasteiger partial charge < -0.3 is 20.1 Å². The monoisotopic (exact) mass is 280 g/mol. The summed E-state index contributed by atoms with van der Waals surface area (Å²) >= 11 is 0. The van der Waals surface area contributed by atoms with Crippen LogP contribution in [0.1, 0.15) is 26.7 Å². The van der Waals surface area contributed by atoms with Crippen molar-refractivity contribution in [2.24, 2.45) is 0 Å². The van der Waals surface area contributed by atoms with Crippen molar-refractivity contribution in [3.63, 3.8) is 0 Å². The zero-order chi connectivity index (χ0) is 15.0. The molecule has 20 heavy (non-hydrogen) atoms. The summed E-state index contributed by atoms with van der Waals surface area (Å²) in [6.45, 7) is 4.35. The zero-order valence-electron chi connectivity index (χ0n) is 12.4. The van der Waals surface area contributed by atoms with Crippen LogP contribution in [0, 0.1) is 0 Å². The molecule has 0 aliphatic heterocycles. The minimum absolute atomic E-state index is 0.0458. The minimum atomic E-state index is -0.211. The van der Waals surface area contributed by atoms with Crippen molar-refractivity contribution >= 4 is 11.7 Å². The second kappa shape index (κ2) is 8.43. The van der Waals surface area contributed by atoms with Gasteiger partial charge in [-0.05, 0) is 25.0 Å². The lowest BCUT2D eigenvalue weighted by atomic mass is 10.1. The highest BCUT2D eigenvalue weighted by Gasteiger charge is 2.21. The summed E-state index contributed by atoms with van der Waals surface area (Å²) in [5.41, 5.74) is 0.633. The molecule has 5 nitrogen and oxygen atoms in total. The zero-order valence-corrected chi connectivity index (χ0v) is 12.4. The van der Waals surface area contributed by atoms with Crippen LogP contribution < -0.4 is 10.1 Å². The van der Waals surface area contributed by atoms with Crippen LogP contribution in [0.5, 0.6) is 5.75 Å². The number of rotatable bonds is 7. The first-order valence-corrected chi connectivity index (χ1v) is 6.99. The minimum Gasteiger partial charge on any atom is -0.495 e. The van der Waals surface area contributed by atoms with Crippen LogP contribution >= 0.6 is 0 Å². The number of aliphatic hydroxyl groups is 1. The number of nitrogens with one attached hydrogen (secondary N) is 1. The van der Waals surface area contributed by atoms with E-state index >= 15 is 0 Å². The molecule has 0 radical (unpaired) electrons. The molecule has 0 bridgehead atoms. The summed E-state index contributed by atoms with van der Waals surface area (Å²) in [5, 5.41) is 12.0. The Labute approximate surface area is 120 Å². The van der Waals surface area contributed by atoms with Gasteiger partial charge in [-0.2, -0.15) is 0 Å². The van der Waals surface area contributed by atoms with Crippen molar-refractivity contribution in [1.82, 2.24) is 4.90 Å². The van der Waals surface area contributed by atoms with Crippen molar-refractivity contribution in [1.29, 1.82) is 0 Å². The van der Waals surface area contributed by atoms with Gasteiger partial charge in [-0.15, -0.1) is 0 Å². The van der Waals surface area contributed by atoms with Gasteiger partial charge >= 0.3 is 6.03 Å². The normalized spacial score (nSPS) is 10.4. The van der Waals surface area contributed by atoms with E-state index in [1.165, 1.54) is 0 Å². The standard InChI is InChI=1S/C15H24N2O3/c1-4-12(5-2)17(10-11-18)15(19)16-13-8-6-7-9-14(13)20-3/h6-9,12,18H,4-5,10-11H2,1-3H3,(H,16,19). The Morgan fingerprint density at radius 2 is 2.00 bits per heavy atom. The number of hydrogen-bond acceptors (Lipinski definition) is 3. The summed E-state index contributed by atoms with van der Waals surface area (Å²) in [6.07, 6.45) is 1.71. The number of ether oxygens (including phenoxy) is 1. The van der Waals surface area contributed by atoms with Gasteiger partial charge in [-0.25, -0.2) is 4.79 Å². The molecular weight excluding hydrogens is 256 g/mol. The van der Waals surface area contributed by atoms with Crippen LogP contribution in [-0.2, 0) is 0 Å². The maximum Gasteiger partial charge on any atom is 0.322 e. The maximum absolute atomic E-state index is 12.4. The predicted octanol–water partition coefficient (Wildman–Crippen LogP) is 2.71. The molecular formula is C15H24N2O3. The van der Waals surface area contributed by atoms with Gasteiger partial charge in [-0.3, -0.25) is 0 Å². The number of benzene rings is 1. The smallest absolute Gasteiger partial charge is 0.322 e. The lowest BCUT2D eigenvalue weighted by Gasteiger charge is -2.30. The van der Waals surface area contributed by atoms with Gasteiger partial charge in [-0.1, -0.05) is 26.0 Å². The van der Waals surface area contributed by atoms with E-state index in [0.29, 0.717) is 18.0 Å². The molecule has 0 spiro atoms. The predicted molar refractivity (Wildman–Crippen MR) is 80.2 cm³/mol. The molecule has 0 saturated heterocycles. The van der Waals surface area contributed by atoms with E-state index in [2.05, 4.69) is 5.32 Å². The Balaban J connectivity index is 2.85. The van der Waals surface area contributed by atoms with Crippen molar-refractivity contribution < 1.29 is 14.6 Å². The molecule has 112 valence electrons. The van der Waals surface area contributed by atoms with E-state index in [1.807, 2.05) is 26.0 Å². The number of para-hydroxylation sites is 2. The van der Waals surface area contributed by atoms with Gasteiger partial charge in [0.15, 0.2) is 0 Å². The Morgan fingerprint density at radius 3 is 2.55 bits per heavy atom. The number of methoxy groups -OCH3 is 1.